The molecule has 0 radical (unpaired) electrons. The predicted molar refractivity (Wildman–Crippen MR) is 116 cm³/mol. The Balaban J connectivity index is 1.74. The third-order valence-electron chi connectivity index (χ3n) is 4.08. The van der Waals surface area contributed by atoms with Gasteiger partial charge in [0.2, 0.25) is 0 Å². The summed E-state index contributed by atoms with van der Waals surface area (Å²) in [6.45, 7) is -0.234. The lowest BCUT2D eigenvalue weighted by Gasteiger charge is -2.11. The molecular formula is C24H18ClNO4. The molecule has 0 fully saturated rings. The molecule has 0 atom stereocenters. The summed E-state index contributed by atoms with van der Waals surface area (Å²) in [6.07, 6.45) is 1.71. The summed E-state index contributed by atoms with van der Waals surface area (Å²) in [6, 6.07) is 23.2. The van der Waals surface area contributed by atoms with Crippen molar-refractivity contribution in [3.8, 4) is 23.3 Å². The normalized spacial score (nSPS) is 10.8. The summed E-state index contributed by atoms with van der Waals surface area (Å²) < 4.78 is 16.1. The number of halogens is 1. The number of hydrogen-bond donors (Lipinski definition) is 0. The van der Waals surface area contributed by atoms with Gasteiger partial charge >= 0.3 is 5.97 Å². The number of para-hydroxylation sites is 1. The molecule has 0 aliphatic heterocycles. The summed E-state index contributed by atoms with van der Waals surface area (Å²) in [5, 5.41) is 10.1. The van der Waals surface area contributed by atoms with Crippen LogP contribution in [0.15, 0.2) is 72.8 Å². The first-order valence-electron chi connectivity index (χ1n) is 9.03. The van der Waals surface area contributed by atoms with Crippen LogP contribution in [0.4, 0.5) is 0 Å². The molecule has 30 heavy (non-hydrogen) atoms. The molecule has 0 bridgehead atoms. The second-order valence-electron chi connectivity index (χ2n) is 6.17. The fourth-order valence-corrected chi connectivity index (χ4v) is 2.86. The molecule has 0 aliphatic carbocycles. The van der Waals surface area contributed by atoms with Gasteiger partial charge in [-0.2, -0.15) is 5.26 Å². The molecular weight excluding hydrogens is 402 g/mol. The smallest absolute Gasteiger partial charge is 0.349 e. The van der Waals surface area contributed by atoms with Crippen molar-refractivity contribution < 1.29 is 19.0 Å². The highest BCUT2D eigenvalue weighted by Gasteiger charge is 2.12. The van der Waals surface area contributed by atoms with E-state index in [1.807, 2.05) is 18.2 Å². The summed E-state index contributed by atoms with van der Waals surface area (Å²) in [4.78, 5) is 12.1. The van der Waals surface area contributed by atoms with Gasteiger partial charge in [0.1, 0.15) is 5.75 Å². The van der Waals surface area contributed by atoms with E-state index in [-0.39, 0.29) is 12.4 Å². The molecule has 3 aromatic rings. The van der Waals surface area contributed by atoms with E-state index < -0.39 is 5.97 Å². The van der Waals surface area contributed by atoms with Crippen LogP contribution in [0.2, 0.25) is 5.02 Å². The molecule has 0 amide bonds. The lowest BCUT2D eigenvalue weighted by Crippen LogP contribution is -2.18. The maximum Gasteiger partial charge on any atom is 0.349 e. The second kappa shape index (κ2) is 10.1. The van der Waals surface area contributed by atoms with Gasteiger partial charge in [-0.3, -0.25) is 0 Å². The summed E-state index contributed by atoms with van der Waals surface area (Å²) in [5.41, 5.74) is 1.86. The Morgan fingerprint density at radius 2 is 1.83 bits per heavy atom. The Kier molecular flexibility index (Phi) is 7.09. The molecule has 0 saturated carbocycles. The Morgan fingerprint density at radius 3 is 2.53 bits per heavy atom. The van der Waals surface area contributed by atoms with Crippen LogP contribution in [0, 0.1) is 11.3 Å². The fourth-order valence-electron chi connectivity index (χ4n) is 2.67. The number of rotatable bonds is 7. The third-order valence-corrected chi connectivity index (χ3v) is 4.31. The Morgan fingerprint density at radius 1 is 1.03 bits per heavy atom. The Bertz CT molecular complexity index is 1100. The number of carbonyl (C=O) groups excluding carboxylic acids is 1. The van der Waals surface area contributed by atoms with Crippen molar-refractivity contribution in [3.63, 3.8) is 0 Å². The van der Waals surface area contributed by atoms with Crippen LogP contribution in [0.5, 0.6) is 17.2 Å². The number of methoxy groups -OCH3 is 1. The minimum atomic E-state index is -0.558. The van der Waals surface area contributed by atoms with Crippen molar-refractivity contribution in [2.24, 2.45) is 0 Å². The SMILES string of the molecule is COc1cc(/C=C(/C#N)c2cccc(Cl)c2)ccc1OC(=O)COc1ccccc1. The van der Waals surface area contributed by atoms with Gasteiger partial charge in [-0.25, -0.2) is 4.79 Å². The van der Waals surface area contributed by atoms with Gasteiger partial charge < -0.3 is 14.2 Å². The minimum absolute atomic E-state index is 0.234. The summed E-state index contributed by atoms with van der Waals surface area (Å²) in [5.74, 6) is 0.641. The maximum atomic E-state index is 12.1. The van der Waals surface area contributed by atoms with Gasteiger partial charge in [0, 0.05) is 5.02 Å². The van der Waals surface area contributed by atoms with Crippen LogP contribution in [0.3, 0.4) is 0 Å². The highest BCUT2D eigenvalue weighted by molar-refractivity contribution is 6.30. The molecule has 0 aliphatic rings. The number of ether oxygens (including phenoxy) is 3. The average molecular weight is 420 g/mol. The van der Waals surface area contributed by atoms with E-state index in [2.05, 4.69) is 6.07 Å². The van der Waals surface area contributed by atoms with Crippen LogP contribution in [0.25, 0.3) is 11.6 Å². The van der Waals surface area contributed by atoms with Gasteiger partial charge in [-0.05, 0) is 53.6 Å². The van der Waals surface area contributed by atoms with Gasteiger partial charge in [-0.15, -0.1) is 0 Å². The van der Waals surface area contributed by atoms with Gasteiger partial charge in [-0.1, -0.05) is 48.0 Å². The van der Waals surface area contributed by atoms with E-state index in [0.717, 1.165) is 0 Å². The zero-order valence-corrected chi connectivity index (χ0v) is 16.9. The van der Waals surface area contributed by atoms with E-state index in [9.17, 15) is 10.1 Å². The first-order valence-corrected chi connectivity index (χ1v) is 9.41. The molecule has 5 nitrogen and oxygen atoms in total. The number of esters is 1. The number of allylic oxidation sites excluding steroid dienone is 1. The number of nitrogens with zero attached hydrogens (tertiary/aromatic N) is 1. The van der Waals surface area contributed by atoms with Crippen molar-refractivity contribution >= 4 is 29.2 Å². The Hall–Kier alpha value is -3.75. The molecule has 3 aromatic carbocycles. The van der Waals surface area contributed by atoms with Crippen molar-refractivity contribution in [3.05, 3.63) is 88.9 Å². The molecule has 0 saturated heterocycles. The quantitative estimate of drug-likeness (QED) is 0.222. The van der Waals surface area contributed by atoms with E-state index >= 15 is 0 Å². The van der Waals surface area contributed by atoms with Crippen LogP contribution in [-0.4, -0.2) is 19.7 Å². The second-order valence-corrected chi connectivity index (χ2v) is 6.60. The van der Waals surface area contributed by atoms with Crippen molar-refractivity contribution in [2.75, 3.05) is 13.7 Å². The minimum Gasteiger partial charge on any atom is -0.493 e. The van der Waals surface area contributed by atoms with Crippen LogP contribution in [-0.2, 0) is 4.79 Å². The van der Waals surface area contributed by atoms with Crippen LogP contribution >= 0.6 is 11.6 Å². The zero-order chi connectivity index (χ0) is 21.3. The molecule has 3 rings (SSSR count). The van der Waals surface area contributed by atoms with E-state index in [1.54, 1.807) is 60.7 Å². The molecule has 0 aromatic heterocycles. The lowest BCUT2D eigenvalue weighted by molar-refractivity contribution is -0.136. The molecule has 0 spiro atoms. The molecule has 150 valence electrons. The molecule has 0 heterocycles. The summed E-state index contributed by atoms with van der Waals surface area (Å²) >= 11 is 6.02. The predicted octanol–water partition coefficient (Wildman–Crippen LogP) is 5.40. The molecule has 0 N–H and O–H groups in total. The van der Waals surface area contributed by atoms with Crippen molar-refractivity contribution in [1.29, 1.82) is 5.26 Å². The first kappa shape index (κ1) is 21.0. The van der Waals surface area contributed by atoms with E-state index in [0.29, 0.717) is 33.2 Å². The molecule has 0 unspecified atom stereocenters. The van der Waals surface area contributed by atoms with Crippen molar-refractivity contribution in [1.82, 2.24) is 0 Å². The van der Waals surface area contributed by atoms with Crippen molar-refractivity contribution in [2.45, 2.75) is 0 Å². The topological polar surface area (TPSA) is 68.5 Å². The van der Waals surface area contributed by atoms with Crippen LogP contribution < -0.4 is 14.2 Å². The highest BCUT2D eigenvalue weighted by Crippen LogP contribution is 2.30. The highest BCUT2D eigenvalue weighted by atomic mass is 35.5. The van der Waals surface area contributed by atoms with Gasteiger partial charge in [0.25, 0.3) is 0 Å². The van der Waals surface area contributed by atoms with E-state index in [4.69, 9.17) is 25.8 Å². The number of carbonyl (C=O) groups is 1. The average Bonchev–Trinajstić information content (AvgIpc) is 2.77. The monoisotopic (exact) mass is 419 g/mol. The third kappa shape index (κ3) is 5.63. The standard InChI is InChI=1S/C24H18ClNO4/c1-28-23-13-17(12-19(15-26)18-6-5-7-20(25)14-18)10-11-22(23)30-24(27)16-29-21-8-3-2-4-9-21/h2-14H,16H2,1H3/b19-12-. The maximum absolute atomic E-state index is 12.1. The zero-order valence-electron chi connectivity index (χ0n) is 16.2. The number of benzene rings is 3. The number of nitriles is 1. The lowest BCUT2D eigenvalue weighted by atomic mass is 10.0. The van der Waals surface area contributed by atoms with E-state index in [1.165, 1.54) is 7.11 Å². The first-order chi connectivity index (χ1) is 14.6. The van der Waals surface area contributed by atoms with Gasteiger partial charge in [0.05, 0.1) is 18.8 Å². The number of hydrogen-bond acceptors (Lipinski definition) is 5. The molecule has 6 heteroatoms. The Labute approximate surface area is 179 Å². The fraction of sp³-hybridized carbons (Fsp3) is 0.0833. The summed E-state index contributed by atoms with van der Waals surface area (Å²) in [7, 11) is 1.48. The largest absolute Gasteiger partial charge is 0.493 e. The van der Waals surface area contributed by atoms with Crippen LogP contribution in [0.1, 0.15) is 11.1 Å². The van der Waals surface area contributed by atoms with Gasteiger partial charge in [0.15, 0.2) is 18.1 Å².